The highest BCUT2D eigenvalue weighted by Gasteiger charge is 2.18. The van der Waals surface area contributed by atoms with Crippen molar-refractivity contribution in [3.05, 3.63) is 18.2 Å². The molecule has 1 aromatic carbocycles. The molecule has 1 unspecified atom stereocenters. The lowest BCUT2D eigenvalue weighted by Gasteiger charge is -2.16. The van der Waals surface area contributed by atoms with Crippen molar-refractivity contribution < 1.29 is 19.0 Å². The van der Waals surface area contributed by atoms with Crippen LogP contribution in [0.15, 0.2) is 18.2 Å². The van der Waals surface area contributed by atoms with E-state index in [9.17, 15) is 4.79 Å². The Bertz CT molecular complexity index is 439. The number of carbonyl (C=O) groups is 1. The number of rotatable bonds is 8. The van der Waals surface area contributed by atoms with Crippen LogP contribution in [0.3, 0.4) is 0 Å². The van der Waals surface area contributed by atoms with Gasteiger partial charge in [0.25, 0.3) is 5.91 Å². The first-order valence-corrected chi connectivity index (χ1v) is 6.59. The first-order chi connectivity index (χ1) is 9.65. The van der Waals surface area contributed by atoms with Gasteiger partial charge in [0.2, 0.25) is 0 Å². The lowest BCUT2D eigenvalue weighted by atomic mass is 10.2. The van der Waals surface area contributed by atoms with Gasteiger partial charge in [-0.3, -0.25) is 4.79 Å². The molecule has 0 radical (unpaired) electrons. The molecule has 1 amide bonds. The van der Waals surface area contributed by atoms with E-state index in [1.54, 1.807) is 18.2 Å². The van der Waals surface area contributed by atoms with Crippen LogP contribution in [-0.2, 0) is 9.53 Å². The number of halogens is 1. The van der Waals surface area contributed by atoms with Crippen LogP contribution in [0.1, 0.15) is 13.8 Å². The third kappa shape index (κ3) is 5.79. The topological polar surface area (TPSA) is 82.8 Å². The van der Waals surface area contributed by atoms with Crippen LogP contribution in [-0.4, -0.2) is 38.9 Å². The van der Waals surface area contributed by atoms with Gasteiger partial charge in [0.05, 0.1) is 18.9 Å². The van der Waals surface area contributed by atoms with Crippen molar-refractivity contribution in [3.63, 3.8) is 0 Å². The zero-order valence-corrected chi connectivity index (χ0v) is 13.4. The summed E-state index contributed by atoms with van der Waals surface area (Å²) < 4.78 is 15.9. The molecule has 0 fully saturated rings. The van der Waals surface area contributed by atoms with Gasteiger partial charge in [0.1, 0.15) is 17.6 Å². The highest BCUT2D eigenvalue weighted by atomic mass is 35.5. The summed E-state index contributed by atoms with van der Waals surface area (Å²) in [4.78, 5) is 12.0. The summed E-state index contributed by atoms with van der Waals surface area (Å²) in [5.74, 6) is 0.925. The van der Waals surface area contributed by atoms with E-state index in [4.69, 9.17) is 19.9 Å². The second-order valence-corrected chi connectivity index (χ2v) is 3.97. The zero-order valence-electron chi connectivity index (χ0n) is 12.5. The van der Waals surface area contributed by atoms with Crippen molar-refractivity contribution in [1.82, 2.24) is 0 Å². The van der Waals surface area contributed by atoms with Gasteiger partial charge in [-0.1, -0.05) is 0 Å². The number of hydrogen-bond donors (Lipinski definition) is 2. The molecule has 0 spiro atoms. The minimum absolute atomic E-state index is 0. The van der Waals surface area contributed by atoms with Crippen LogP contribution in [0.5, 0.6) is 11.5 Å². The van der Waals surface area contributed by atoms with Crippen molar-refractivity contribution in [2.75, 3.05) is 32.2 Å². The number of anilines is 1. The van der Waals surface area contributed by atoms with Crippen molar-refractivity contribution in [2.24, 2.45) is 5.73 Å². The minimum atomic E-state index is -0.694. The van der Waals surface area contributed by atoms with Gasteiger partial charge in [-0.05, 0) is 26.0 Å². The van der Waals surface area contributed by atoms with E-state index < -0.39 is 6.10 Å². The summed E-state index contributed by atoms with van der Waals surface area (Å²) in [6.07, 6.45) is -0.694. The SMILES string of the molecule is CCOc1ccc(OCC)c(NC(=O)C(CN)OC)c1.Cl. The first kappa shape index (κ1) is 19.5. The van der Waals surface area contributed by atoms with Gasteiger partial charge >= 0.3 is 0 Å². The molecular weight excluding hydrogens is 296 g/mol. The summed E-state index contributed by atoms with van der Waals surface area (Å²) in [5, 5.41) is 2.75. The van der Waals surface area contributed by atoms with Gasteiger partial charge in [-0.15, -0.1) is 12.4 Å². The molecule has 0 aliphatic carbocycles. The largest absolute Gasteiger partial charge is 0.494 e. The van der Waals surface area contributed by atoms with Crippen LogP contribution in [0.2, 0.25) is 0 Å². The van der Waals surface area contributed by atoms with E-state index in [2.05, 4.69) is 5.32 Å². The Hall–Kier alpha value is -1.50. The molecule has 0 aliphatic rings. The molecule has 0 heterocycles. The van der Waals surface area contributed by atoms with Crippen molar-refractivity contribution in [2.45, 2.75) is 20.0 Å². The third-order valence-electron chi connectivity index (χ3n) is 2.61. The minimum Gasteiger partial charge on any atom is -0.494 e. The standard InChI is InChI=1S/C14H22N2O4.ClH/c1-4-19-10-6-7-12(20-5-2)11(8-10)16-14(17)13(9-15)18-3;/h6-8,13H,4-5,9,15H2,1-3H3,(H,16,17);1H. The average Bonchev–Trinajstić information content (AvgIpc) is 2.43. The lowest BCUT2D eigenvalue weighted by molar-refractivity contribution is -0.125. The van der Waals surface area contributed by atoms with Crippen LogP contribution < -0.4 is 20.5 Å². The predicted octanol–water partition coefficient (Wildman–Crippen LogP) is 1.82. The number of ether oxygens (including phenoxy) is 3. The Morgan fingerprint density at radius 2 is 1.95 bits per heavy atom. The van der Waals surface area contributed by atoms with E-state index in [1.807, 2.05) is 13.8 Å². The van der Waals surface area contributed by atoms with E-state index in [0.717, 1.165) is 0 Å². The fourth-order valence-corrected chi connectivity index (χ4v) is 1.67. The summed E-state index contributed by atoms with van der Waals surface area (Å²) in [7, 11) is 1.44. The second-order valence-electron chi connectivity index (χ2n) is 3.97. The number of benzene rings is 1. The smallest absolute Gasteiger partial charge is 0.254 e. The average molecular weight is 319 g/mol. The van der Waals surface area contributed by atoms with Gasteiger partial charge in [-0.2, -0.15) is 0 Å². The highest BCUT2D eigenvalue weighted by Crippen LogP contribution is 2.29. The molecule has 0 saturated carbocycles. The molecule has 21 heavy (non-hydrogen) atoms. The predicted molar refractivity (Wildman–Crippen MR) is 84.5 cm³/mol. The lowest BCUT2D eigenvalue weighted by Crippen LogP contribution is -2.36. The molecule has 7 heteroatoms. The molecule has 0 saturated heterocycles. The summed E-state index contributed by atoms with van der Waals surface area (Å²) in [6, 6.07) is 5.27. The summed E-state index contributed by atoms with van der Waals surface area (Å²) >= 11 is 0. The monoisotopic (exact) mass is 318 g/mol. The van der Waals surface area contributed by atoms with Crippen molar-refractivity contribution in [3.8, 4) is 11.5 Å². The van der Waals surface area contributed by atoms with Crippen LogP contribution in [0.25, 0.3) is 0 Å². The Labute approximate surface area is 131 Å². The zero-order chi connectivity index (χ0) is 15.0. The van der Waals surface area contributed by atoms with Crippen LogP contribution in [0, 0.1) is 0 Å². The maximum atomic E-state index is 12.0. The molecule has 1 atom stereocenters. The van der Waals surface area contributed by atoms with Gasteiger partial charge in [0, 0.05) is 19.7 Å². The third-order valence-corrected chi connectivity index (χ3v) is 2.61. The Morgan fingerprint density at radius 3 is 2.48 bits per heavy atom. The summed E-state index contributed by atoms with van der Waals surface area (Å²) in [6.45, 7) is 4.92. The van der Waals surface area contributed by atoms with E-state index in [1.165, 1.54) is 7.11 Å². The number of nitrogens with two attached hydrogens (primary N) is 1. The van der Waals surface area contributed by atoms with Gasteiger partial charge in [0.15, 0.2) is 0 Å². The maximum Gasteiger partial charge on any atom is 0.254 e. The van der Waals surface area contributed by atoms with Gasteiger partial charge in [-0.25, -0.2) is 0 Å². The van der Waals surface area contributed by atoms with Gasteiger partial charge < -0.3 is 25.3 Å². The number of nitrogens with one attached hydrogen (secondary N) is 1. The van der Waals surface area contributed by atoms with Crippen molar-refractivity contribution in [1.29, 1.82) is 0 Å². The normalized spacial score (nSPS) is 11.2. The molecule has 1 rings (SSSR count). The van der Waals surface area contributed by atoms with Crippen LogP contribution >= 0.6 is 12.4 Å². The highest BCUT2D eigenvalue weighted by molar-refractivity contribution is 5.95. The number of methoxy groups -OCH3 is 1. The Morgan fingerprint density at radius 1 is 1.29 bits per heavy atom. The maximum absolute atomic E-state index is 12.0. The molecule has 0 aromatic heterocycles. The summed E-state index contributed by atoms with van der Waals surface area (Å²) in [5.41, 5.74) is 6.01. The molecule has 120 valence electrons. The van der Waals surface area contributed by atoms with E-state index in [-0.39, 0.29) is 24.9 Å². The van der Waals surface area contributed by atoms with E-state index >= 15 is 0 Å². The molecular formula is C14H23ClN2O4. The number of carbonyl (C=O) groups excluding carboxylic acids is 1. The van der Waals surface area contributed by atoms with Crippen molar-refractivity contribution >= 4 is 24.0 Å². The fraction of sp³-hybridized carbons (Fsp3) is 0.500. The quantitative estimate of drug-likeness (QED) is 0.764. The first-order valence-electron chi connectivity index (χ1n) is 6.59. The molecule has 1 aromatic rings. The molecule has 6 nitrogen and oxygen atoms in total. The Kier molecular flexibility index (Phi) is 9.53. The van der Waals surface area contributed by atoms with Crippen LogP contribution in [0.4, 0.5) is 5.69 Å². The number of amides is 1. The molecule has 0 bridgehead atoms. The fourth-order valence-electron chi connectivity index (χ4n) is 1.67. The molecule has 3 N–H and O–H groups in total. The Balaban J connectivity index is 0.00000400. The van der Waals surface area contributed by atoms with E-state index in [0.29, 0.717) is 30.4 Å². The number of hydrogen-bond acceptors (Lipinski definition) is 5. The molecule has 0 aliphatic heterocycles. The second kappa shape index (κ2) is 10.3.